The summed E-state index contributed by atoms with van der Waals surface area (Å²) in [5.74, 6) is 0.873. The third-order valence-electron chi connectivity index (χ3n) is 4.50. The first-order valence-corrected chi connectivity index (χ1v) is 8.05. The highest BCUT2D eigenvalue weighted by Crippen LogP contribution is 2.23. The molecule has 3 aromatic rings. The molecule has 24 heavy (non-hydrogen) atoms. The number of nitrogens with zero attached hydrogens (tertiary/aromatic N) is 3. The molecule has 1 aromatic carbocycles. The molecule has 6 heteroatoms. The van der Waals surface area contributed by atoms with Crippen molar-refractivity contribution in [2.45, 2.75) is 0 Å². The number of H-pyrrole nitrogens is 1. The van der Waals surface area contributed by atoms with Crippen LogP contribution in [0.15, 0.2) is 48.8 Å². The minimum Gasteiger partial charge on any atom is -0.396 e. The standard InChI is InChI=1S/C18H19N5O/c19-15-5-3-7-20-17(15)22-8-10-23(11-9-22)18(24)14-12-21-16-6-2-1-4-13(14)16/h1-7,12,21H,8-11,19H2. The van der Waals surface area contributed by atoms with Crippen LogP contribution in [0.25, 0.3) is 10.9 Å². The lowest BCUT2D eigenvalue weighted by Gasteiger charge is -2.35. The van der Waals surface area contributed by atoms with Crippen LogP contribution >= 0.6 is 0 Å². The third-order valence-corrected chi connectivity index (χ3v) is 4.50. The van der Waals surface area contributed by atoms with Gasteiger partial charge < -0.3 is 20.5 Å². The maximum atomic E-state index is 12.8. The molecular weight excluding hydrogens is 302 g/mol. The average Bonchev–Trinajstić information content (AvgIpc) is 3.06. The number of carbonyl (C=O) groups is 1. The zero-order valence-electron chi connectivity index (χ0n) is 13.3. The number of anilines is 2. The van der Waals surface area contributed by atoms with E-state index in [-0.39, 0.29) is 5.91 Å². The number of nitrogens with two attached hydrogens (primary N) is 1. The van der Waals surface area contributed by atoms with Crippen molar-refractivity contribution in [3.8, 4) is 0 Å². The van der Waals surface area contributed by atoms with Gasteiger partial charge in [-0.3, -0.25) is 4.79 Å². The number of hydrogen-bond donors (Lipinski definition) is 2. The number of fused-ring (bicyclic) bond motifs is 1. The number of para-hydroxylation sites is 1. The van der Waals surface area contributed by atoms with E-state index in [4.69, 9.17) is 5.73 Å². The highest BCUT2D eigenvalue weighted by Gasteiger charge is 2.25. The molecule has 0 aliphatic carbocycles. The van der Waals surface area contributed by atoms with Crippen molar-refractivity contribution < 1.29 is 4.79 Å². The van der Waals surface area contributed by atoms with Gasteiger partial charge in [0, 0.05) is 49.5 Å². The summed E-state index contributed by atoms with van der Waals surface area (Å²) in [5.41, 5.74) is 8.39. The molecule has 0 atom stereocenters. The van der Waals surface area contributed by atoms with Crippen LogP contribution < -0.4 is 10.6 Å². The summed E-state index contributed by atoms with van der Waals surface area (Å²) in [5, 5.41) is 0.971. The van der Waals surface area contributed by atoms with Gasteiger partial charge in [0.2, 0.25) is 0 Å². The Kier molecular flexibility index (Phi) is 3.57. The monoisotopic (exact) mass is 321 g/mol. The molecule has 2 aromatic heterocycles. The molecule has 0 radical (unpaired) electrons. The normalized spacial score (nSPS) is 15.0. The van der Waals surface area contributed by atoms with Crippen LogP contribution in [-0.2, 0) is 0 Å². The molecule has 0 spiro atoms. The summed E-state index contributed by atoms with van der Waals surface area (Å²) in [6.45, 7) is 2.79. The van der Waals surface area contributed by atoms with Gasteiger partial charge in [-0.1, -0.05) is 18.2 Å². The zero-order chi connectivity index (χ0) is 16.5. The van der Waals surface area contributed by atoms with E-state index >= 15 is 0 Å². The van der Waals surface area contributed by atoms with Crippen LogP contribution in [0.2, 0.25) is 0 Å². The maximum absolute atomic E-state index is 12.8. The first kappa shape index (κ1) is 14.6. The van der Waals surface area contributed by atoms with Crippen molar-refractivity contribution in [1.29, 1.82) is 0 Å². The minimum absolute atomic E-state index is 0.0705. The second-order valence-electron chi connectivity index (χ2n) is 5.94. The number of hydrogen-bond acceptors (Lipinski definition) is 4. The largest absolute Gasteiger partial charge is 0.396 e. The Morgan fingerprint density at radius 2 is 1.88 bits per heavy atom. The van der Waals surface area contributed by atoms with Gasteiger partial charge in [0.1, 0.15) is 0 Å². The van der Waals surface area contributed by atoms with Crippen molar-refractivity contribution in [3.63, 3.8) is 0 Å². The van der Waals surface area contributed by atoms with Gasteiger partial charge in [-0.2, -0.15) is 0 Å². The van der Waals surface area contributed by atoms with E-state index in [9.17, 15) is 4.79 Å². The Morgan fingerprint density at radius 3 is 2.67 bits per heavy atom. The molecule has 0 bridgehead atoms. The first-order valence-electron chi connectivity index (χ1n) is 8.05. The maximum Gasteiger partial charge on any atom is 0.256 e. The van der Waals surface area contributed by atoms with Crippen LogP contribution in [0.4, 0.5) is 11.5 Å². The number of pyridine rings is 1. The van der Waals surface area contributed by atoms with Gasteiger partial charge in [0.25, 0.3) is 5.91 Å². The Hall–Kier alpha value is -3.02. The van der Waals surface area contributed by atoms with Crippen LogP contribution in [0, 0.1) is 0 Å². The fourth-order valence-corrected chi connectivity index (χ4v) is 3.21. The molecule has 4 rings (SSSR count). The van der Waals surface area contributed by atoms with E-state index in [1.165, 1.54) is 0 Å². The molecule has 0 saturated carbocycles. The Morgan fingerprint density at radius 1 is 1.08 bits per heavy atom. The summed E-state index contributed by atoms with van der Waals surface area (Å²) in [4.78, 5) is 24.4. The molecule has 1 aliphatic rings. The lowest BCUT2D eigenvalue weighted by molar-refractivity contribution is 0.0748. The number of nitrogen functional groups attached to an aromatic ring is 1. The molecule has 0 unspecified atom stereocenters. The van der Waals surface area contributed by atoms with Crippen LogP contribution in [0.5, 0.6) is 0 Å². The minimum atomic E-state index is 0.0705. The molecule has 1 fully saturated rings. The molecule has 3 heterocycles. The summed E-state index contributed by atoms with van der Waals surface area (Å²) >= 11 is 0. The SMILES string of the molecule is Nc1cccnc1N1CCN(C(=O)c2c[nH]c3ccccc23)CC1. The Labute approximate surface area is 139 Å². The van der Waals surface area contributed by atoms with E-state index in [1.54, 1.807) is 12.4 Å². The van der Waals surface area contributed by atoms with Gasteiger partial charge in [0.05, 0.1) is 11.3 Å². The predicted octanol–water partition coefficient (Wildman–Crippen LogP) is 2.11. The van der Waals surface area contributed by atoms with Crippen molar-refractivity contribution in [2.24, 2.45) is 0 Å². The second kappa shape index (κ2) is 5.88. The van der Waals surface area contributed by atoms with Crippen LogP contribution in [0.3, 0.4) is 0 Å². The number of benzene rings is 1. The van der Waals surface area contributed by atoms with Crippen molar-refractivity contribution in [1.82, 2.24) is 14.9 Å². The quantitative estimate of drug-likeness (QED) is 0.758. The smallest absolute Gasteiger partial charge is 0.256 e. The Bertz CT molecular complexity index is 880. The van der Waals surface area contributed by atoms with Crippen LogP contribution in [-0.4, -0.2) is 47.0 Å². The van der Waals surface area contributed by atoms with Gasteiger partial charge in [-0.25, -0.2) is 4.98 Å². The number of amides is 1. The zero-order valence-corrected chi connectivity index (χ0v) is 13.3. The average molecular weight is 321 g/mol. The highest BCUT2D eigenvalue weighted by molar-refractivity contribution is 6.06. The third kappa shape index (κ3) is 2.46. The molecular formula is C18H19N5O. The predicted molar refractivity (Wildman–Crippen MR) is 95.1 cm³/mol. The summed E-state index contributed by atoms with van der Waals surface area (Å²) in [7, 11) is 0. The second-order valence-corrected chi connectivity index (χ2v) is 5.94. The summed E-state index contributed by atoms with van der Waals surface area (Å²) in [6.07, 6.45) is 3.55. The lowest BCUT2D eigenvalue weighted by atomic mass is 10.1. The molecule has 6 nitrogen and oxygen atoms in total. The number of aromatic amines is 1. The van der Waals surface area contributed by atoms with E-state index in [1.807, 2.05) is 41.3 Å². The molecule has 1 aliphatic heterocycles. The molecule has 122 valence electrons. The molecule has 1 amide bonds. The number of aromatic nitrogens is 2. The van der Waals surface area contributed by atoms with Crippen molar-refractivity contribution in [3.05, 3.63) is 54.4 Å². The van der Waals surface area contributed by atoms with Gasteiger partial charge in [0.15, 0.2) is 5.82 Å². The van der Waals surface area contributed by atoms with Gasteiger partial charge in [-0.15, -0.1) is 0 Å². The lowest BCUT2D eigenvalue weighted by Crippen LogP contribution is -2.49. The summed E-state index contributed by atoms with van der Waals surface area (Å²) in [6, 6.07) is 11.6. The van der Waals surface area contributed by atoms with Gasteiger partial charge in [-0.05, 0) is 18.2 Å². The Balaban J connectivity index is 1.50. The molecule has 3 N–H and O–H groups in total. The van der Waals surface area contributed by atoms with Crippen molar-refractivity contribution in [2.75, 3.05) is 36.8 Å². The number of rotatable bonds is 2. The molecule has 1 saturated heterocycles. The van der Waals surface area contributed by atoms with Crippen LogP contribution in [0.1, 0.15) is 10.4 Å². The fraction of sp³-hybridized carbons (Fsp3) is 0.222. The summed E-state index contributed by atoms with van der Waals surface area (Å²) < 4.78 is 0. The van der Waals surface area contributed by atoms with Crippen molar-refractivity contribution >= 4 is 28.3 Å². The van der Waals surface area contributed by atoms with E-state index in [0.29, 0.717) is 18.8 Å². The number of piperazine rings is 1. The number of nitrogens with one attached hydrogen (secondary N) is 1. The van der Waals surface area contributed by atoms with E-state index in [0.717, 1.165) is 35.4 Å². The highest BCUT2D eigenvalue weighted by atomic mass is 16.2. The fourth-order valence-electron chi connectivity index (χ4n) is 3.21. The van der Waals surface area contributed by atoms with E-state index in [2.05, 4.69) is 14.9 Å². The van der Waals surface area contributed by atoms with Gasteiger partial charge >= 0.3 is 0 Å². The number of carbonyl (C=O) groups excluding carboxylic acids is 1. The topological polar surface area (TPSA) is 78.2 Å². The van der Waals surface area contributed by atoms with E-state index < -0.39 is 0 Å². The first-order chi connectivity index (χ1) is 11.7.